The minimum Gasteiger partial charge on any atom is -0.357 e. The number of para-hydroxylation sites is 1. The minimum atomic E-state index is 0.887. The van der Waals surface area contributed by atoms with Gasteiger partial charge in [0.2, 0.25) is 0 Å². The van der Waals surface area contributed by atoms with Gasteiger partial charge in [-0.15, -0.1) is 0 Å². The van der Waals surface area contributed by atoms with Crippen molar-refractivity contribution in [3.63, 3.8) is 0 Å². The molecule has 2 heteroatoms. The largest absolute Gasteiger partial charge is 0.357 e. The van der Waals surface area contributed by atoms with E-state index in [0.29, 0.717) is 0 Å². The monoisotopic (exact) mass is 147 g/mol. The van der Waals surface area contributed by atoms with E-state index >= 15 is 0 Å². The zero-order chi connectivity index (χ0) is 7.68. The van der Waals surface area contributed by atoms with Crippen LogP contribution in [-0.4, -0.2) is 5.71 Å². The highest BCUT2D eigenvalue weighted by molar-refractivity contribution is 5.85. The molecular weight excluding hydrogens is 138 g/mol. The summed E-state index contributed by atoms with van der Waals surface area (Å²) in [5.74, 6) is 0.887. The van der Waals surface area contributed by atoms with Crippen LogP contribution in [0.2, 0.25) is 0 Å². The van der Waals surface area contributed by atoms with Gasteiger partial charge in [0.25, 0.3) is 0 Å². The summed E-state index contributed by atoms with van der Waals surface area (Å²) < 4.78 is 0. The van der Waals surface area contributed by atoms with Crippen LogP contribution >= 0.6 is 0 Å². The van der Waals surface area contributed by atoms with Crippen LogP contribution in [0.1, 0.15) is 12.5 Å². The number of hydrogen-bond acceptors (Lipinski definition) is 2. The molecule has 0 atom stereocenters. The number of hydrogen-bond donors (Lipinski definition) is 0. The van der Waals surface area contributed by atoms with Crippen molar-refractivity contribution >= 4 is 5.71 Å². The standard InChI is InChI=1S/C9H9NO/c1-7-6-8-4-2-3-5-9(8)11-10-7/h2-5H,6H2,1H3. The van der Waals surface area contributed by atoms with E-state index in [-0.39, 0.29) is 0 Å². The number of fused-ring (bicyclic) bond motifs is 1. The lowest BCUT2D eigenvalue weighted by atomic mass is 10.1. The Bertz CT molecular complexity index is 304. The Hall–Kier alpha value is -1.31. The zero-order valence-corrected chi connectivity index (χ0v) is 6.37. The third-order valence-electron chi connectivity index (χ3n) is 1.72. The first kappa shape index (κ1) is 6.40. The van der Waals surface area contributed by atoms with Gasteiger partial charge >= 0.3 is 0 Å². The van der Waals surface area contributed by atoms with Gasteiger partial charge in [0.15, 0.2) is 5.75 Å². The molecule has 0 saturated carbocycles. The molecule has 0 aromatic heterocycles. The van der Waals surface area contributed by atoms with E-state index in [4.69, 9.17) is 4.84 Å². The van der Waals surface area contributed by atoms with Crippen LogP contribution < -0.4 is 4.84 Å². The van der Waals surface area contributed by atoms with Crippen LogP contribution in [0.15, 0.2) is 29.4 Å². The molecule has 0 aliphatic carbocycles. The summed E-state index contributed by atoms with van der Waals surface area (Å²) in [7, 11) is 0. The Balaban J connectivity index is 2.42. The van der Waals surface area contributed by atoms with Gasteiger partial charge in [-0.2, -0.15) is 0 Å². The van der Waals surface area contributed by atoms with Crippen molar-refractivity contribution in [2.45, 2.75) is 13.3 Å². The molecule has 56 valence electrons. The quantitative estimate of drug-likeness (QED) is 0.550. The van der Waals surface area contributed by atoms with E-state index in [2.05, 4.69) is 11.2 Å². The fourth-order valence-corrected chi connectivity index (χ4v) is 1.17. The predicted octanol–water partition coefficient (Wildman–Crippen LogP) is 2.00. The van der Waals surface area contributed by atoms with Crippen LogP contribution in [0.25, 0.3) is 0 Å². The molecule has 2 rings (SSSR count). The number of benzene rings is 1. The van der Waals surface area contributed by atoms with Gasteiger partial charge in [0, 0.05) is 12.0 Å². The fraction of sp³-hybridized carbons (Fsp3) is 0.222. The summed E-state index contributed by atoms with van der Waals surface area (Å²) in [4.78, 5) is 5.12. The lowest BCUT2D eigenvalue weighted by Gasteiger charge is -2.11. The molecule has 1 aliphatic rings. The van der Waals surface area contributed by atoms with Crippen LogP contribution in [0.5, 0.6) is 5.75 Å². The topological polar surface area (TPSA) is 21.6 Å². The second-order valence-electron chi connectivity index (χ2n) is 2.70. The third-order valence-corrected chi connectivity index (χ3v) is 1.72. The van der Waals surface area contributed by atoms with Gasteiger partial charge < -0.3 is 4.84 Å². The maximum absolute atomic E-state index is 5.12. The first-order chi connectivity index (χ1) is 5.36. The van der Waals surface area contributed by atoms with Crippen molar-refractivity contribution in [1.82, 2.24) is 0 Å². The molecule has 0 spiro atoms. The summed E-state index contributed by atoms with van der Waals surface area (Å²) in [6.07, 6.45) is 0.913. The van der Waals surface area contributed by atoms with Gasteiger partial charge in [-0.05, 0) is 13.0 Å². The van der Waals surface area contributed by atoms with Crippen molar-refractivity contribution in [2.24, 2.45) is 5.16 Å². The maximum Gasteiger partial charge on any atom is 0.161 e. The van der Waals surface area contributed by atoms with Gasteiger partial charge in [0.05, 0.1) is 5.71 Å². The Morgan fingerprint density at radius 1 is 1.36 bits per heavy atom. The molecule has 0 saturated heterocycles. The Morgan fingerprint density at radius 2 is 2.18 bits per heavy atom. The number of rotatable bonds is 0. The lowest BCUT2D eigenvalue weighted by Crippen LogP contribution is -2.07. The molecule has 0 unspecified atom stereocenters. The highest BCUT2D eigenvalue weighted by Crippen LogP contribution is 2.22. The second kappa shape index (κ2) is 2.38. The lowest BCUT2D eigenvalue weighted by molar-refractivity contribution is 0.330. The number of oxime groups is 1. The molecule has 0 radical (unpaired) electrons. The molecule has 1 aromatic rings. The van der Waals surface area contributed by atoms with Crippen molar-refractivity contribution in [3.8, 4) is 5.75 Å². The Labute approximate surface area is 65.5 Å². The van der Waals surface area contributed by atoms with E-state index in [1.165, 1.54) is 5.56 Å². The van der Waals surface area contributed by atoms with Gasteiger partial charge in [-0.1, -0.05) is 23.4 Å². The highest BCUT2D eigenvalue weighted by atomic mass is 16.6. The summed E-state index contributed by atoms with van der Waals surface area (Å²) in [5, 5.41) is 3.89. The molecule has 11 heavy (non-hydrogen) atoms. The second-order valence-corrected chi connectivity index (χ2v) is 2.70. The van der Waals surface area contributed by atoms with E-state index in [1.54, 1.807) is 0 Å². The van der Waals surface area contributed by atoms with E-state index in [9.17, 15) is 0 Å². The summed E-state index contributed by atoms with van der Waals surface area (Å²) in [5.41, 5.74) is 2.25. The molecule has 0 fully saturated rings. The van der Waals surface area contributed by atoms with Crippen molar-refractivity contribution in [3.05, 3.63) is 29.8 Å². The molecule has 1 aromatic carbocycles. The smallest absolute Gasteiger partial charge is 0.161 e. The van der Waals surface area contributed by atoms with Crippen LogP contribution in [-0.2, 0) is 6.42 Å². The van der Waals surface area contributed by atoms with E-state index in [1.807, 2.05) is 25.1 Å². The molecule has 2 nitrogen and oxygen atoms in total. The van der Waals surface area contributed by atoms with E-state index in [0.717, 1.165) is 17.9 Å². The molecule has 0 N–H and O–H groups in total. The highest BCUT2D eigenvalue weighted by Gasteiger charge is 2.09. The predicted molar refractivity (Wildman–Crippen MR) is 43.9 cm³/mol. The normalized spacial score (nSPS) is 14.8. The number of nitrogens with zero attached hydrogens (tertiary/aromatic N) is 1. The van der Waals surface area contributed by atoms with Crippen LogP contribution in [0.4, 0.5) is 0 Å². The average Bonchev–Trinajstić information content (AvgIpc) is 2.04. The summed E-state index contributed by atoms with van der Waals surface area (Å²) >= 11 is 0. The molecule has 1 heterocycles. The molecule has 0 amide bonds. The third kappa shape index (κ3) is 1.11. The maximum atomic E-state index is 5.12. The molecular formula is C9H9NO. The van der Waals surface area contributed by atoms with Crippen LogP contribution in [0.3, 0.4) is 0 Å². The zero-order valence-electron chi connectivity index (χ0n) is 6.37. The van der Waals surface area contributed by atoms with Crippen molar-refractivity contribution in [1.29, 1.82) is 0 Å². The van der Waals surface area contributed by atoms with Gasteiger partial charge in [-0.25, -0.2) is 0 Å². The Morgan fingerprint density at radius 3 is 3.09 bits per heavy atom. The summed E-state index contributed by atoms with van der Waals surface area (Å²) in [6.45, 7) is 1.97. The molecule has 0 bridgehead atoms. The first-order valence-corrected chi connectivity index (χ1v) is 3.64. The SMILES string of the molecule is CC1=NOc2ccccc2C1. The van der Waals surface area contributed by atoms with Crippen LogP contribution in [0, 0.1) is 0 Å². The fourth-order valence-electron chi connectivity index (χ4n) is 1.17. The molecule has 1 aliphatic heterocycles. The first-order valence-electron chi connectivity index (χ1n) is 3.64. The van der Waals surface area contributed by atoms with E-state index < -0.39 is 0 Å². The minimum absolute atomic E-state index is 0.887. The van der Waals surface area contributed by atoms with Gasteiger partial charge in [0.1, 0.15) is 0 Å². The Kier molecular flexibility index (Phi) is 1.39. The van der Waals surface area contributed by atoms with Gasteiger partial charge in [-0.3, -0.25) is 0 Å². The van der Waals surface area contributed by atoms with Crippen molar-refractivity contribution < 1.29 is 4.84 Å². The summed E-state index contributed by atoms with van der Waals surface area (Å²) in [6, 6.07) is 7.97. The average molecular weight is 147 g/mol. The van der Waals surface area contributed by atoms with Crippen molar-refractivity contribution in [2.75, 3.05) is 0 Å².